The first-order valence-corrected chi connectivity index (χ1v) is 13.4. The van der Waals surface area contributed by atoms with Crippen molar-refractivity contribution in [2.75, 3.05) is 4.90 Å². The number of hydrogen-bond donors (Lipinski definition) is 3. The molecule has 0 saturated heterocycles. The minimum Gasteiger partial charge on any atom is -0.446 e. The summed E-state index contributed by atoms with van der Waals surface area (Å²) in [7, 11) is 0. The number of ether oxygens (including phenoxy) is 1. The summed E-state index contributed by atoms with van der Waals surface area (Å²) in [6, 6.07) is 1.00. The molecule has 3 heterocycles. The van der Waals surface area contributed by atoms with Gasteiger partial charge in [0.2, 0.25) is 5.96 Å². The van der Waals surface area contributed by atoms with Crippen LogP contribution in [0.15, 0.2) is 35.4 Å². The minimum atomic E-state index is -5.12. The lowest BCUT2D eigenvalue weighted by Crippen LogP contribution is -2.52. The van der Waals surface area contributed by atoms with Gasteiger partial charge in [-0.05, 0) is 74.9 Å². The number of nitrogens with zero attached hydrogens (tertiary/aromatic N) is 4. The van der Waals surface area contributed by atoms with Gasteiger partial charge in [0, 0.05) is 12.6 Å². The van der Waals surface area contributed by atoms with Crippen LogP contribution in [0.5, 0.6) is 0 Å². The van der Waals surface area contributed by atoms with E-state index in [2.05, 4.69) is 26.6 Å². The maximum atomic E-state index is 13.8. The number of aromatic nitrogens is 1. The second-order valence-electron chi connectivity index (χ2n) is 10.9. The Balaban J connectivity index is 1.66. The van der Waals surface area contributed by atoms with E-state index in [-0.39, 0.29) is 35.7 Å². The molecule has 240 valence electrons. The van der Waals surface area contributed by atoms with E-state index in [0.29, 0.717) is 31.0 Å². The highest BCUT2D eigenvalue weighted by Crippen LogP contribution is 2.49. The van der Waals surface area contributed by atoms with E-state index >= 15 is 0 Å². The third-order valence-electron chi connectivity index (χ3n) is 7.30. The van der Waals surface area contributed by atoms with E-state index in [1.165, 1.54) is 9.80 Å². The van der Waals surface area contributed by atoms with Crippen LogP contribution in [-0.2, 0) is 29.8 Å². The predicted octanol–water partition coefficient (Wildman–Crippen LogP) is 6.10. The molecule has 0 radical (unpaired) electrons. The number of fused-ring (bicyclic) bond motifs is 1. The molecule has 2 atom stereocenters. The van der Waals surface area contributed by atoms with Crippen LogP contribution < -0.4 is 21.4 Å². The van der Waals surface area contributed by atoms with Gasteiger partial charge in [-0.3, -0.25) is 10.3 Å². The average Bonchev–Trinajstić information content (AvgIpc) is 3.62. The summed E-state index contributed by atoms with van der Waals surface area (Å²) in [6.07, 6.45) is -15.3. The molecule has 2 aliphatic heterocycles. The number of pyridine rings is 1. The first kappa shape index (κ1) is 31.5. The predicted molar refractivity (Wildman–Crippen MR) is 136 cm³/mol. The van der Waals surface area contributed by atoms with E-state index in [4.69, 9.17) is 4.74 Å². The summed E-state index contributed by atoms with van der Waals surface area (Å²) in [6.45, 7) is 2.54. The Morgan fingerprint density at radius 1 is 1.00 bits per heavy atom. The summed E-state index contributed by atoms with van der Waals surface area (Å²) in [5.74, 6) is -0.228. The first-order chi connectivity index (χ1) is 20.4. The second kappa shape index (κ2) is 11.2. The minimum absolute atomic E-state index is 0.0172. The van der Waals surface area contributed by atoms with Crippen molar-refractivity contribution < 1.29 is 49.0 Å². The number of halogens is 9. The van der Waals surface area contributed by atoms with E-state index in [9.17, 15) is 44.3 Å². The zero-order valence-electron chi connectivity index (χ0n) is 23.0. The van der Waals surface area contributed by atoms with Crippen molar-refractivity contribution in [3.05, 3.63) is 58.4 Å². The molecule has 1 amide bonds. The molecule has 1 aromatic heterocycles. The van der Waals surface area contributed by atoms with Crippen molar-refractivity contribution >= 4 is 17.7 Å². The van der Waals surface area contributed by atoms with Gasteiger partial charge in [-0.15, -0.1) is 10.6 Å². The lowest BCUT2D eigenvalue weighted by molar-refractivity contribution is -0.143. The number of carbonyl (C=O) groups excluding carboxylic acids is 1. The van der Waals surface area contributed by atoms with Crippen LogP contribution >= 0.6 is 0 Å². The average molecular weight is 640 g/mol. The number of carbonyl (C=O) groups is 1. The van der Waals surface area contributed by atoms with E-state index in [1.54, 1.807) is 13.8 Å². The maximum Gasteiger partial charge on any atom is 0.433 e. The SMILES string of the molecule is CC(C)OC(=O)N1c2ccc(C(F)(F)F)nc2C(N(Cc2cc(C(F)(F)F)cc(C(F)(F)F)c2)C2=NNNN2)CC1C1CC1. The maximum absolute atomic E-state index is 13.8. The van der Waals surface area contributed by atoms with Crippen LogP contribution in [0.25, 0.3) is 0 Å². The van der Waals surface area contributed by atoms with Gasteiger partial charge in [-0.2, -0.15) is 39.5 Å². The highest BCUT2D eigenvalue weighted by Gasteiger charge is 2.49. The third kappa shape index (κ3) is 6.58. The normalized spacial score (nSPS) is 20.5. The summed E-state index contributed by atoms with van der Waals surface area (Å²) in [5.41, 5.74) is 2.16. The number of amides is 1. The molecule has 1 saturated carbocycles. The van der Waals surface area contributed by atoms with Gasteiger partial charge in [0.1, 0.15) is 5.69 Å². The molecule has 2 unspecified atom stereocenters. The van der Waals surface area contributed by atoms with Crippen molar-refractivity contribution in [3.63, 3.8) is 0 Å². The van der Waals surface area contributed by atoms with E-state index in [1.807, 2.05) is 0 Å². The molecular weight excluding hydrogens is 613 g/mol. The number of anilines is 1. The Morgan fingerprint density at radius 3 is 2.14 bits per heavy atom. The molecule has 1 fully saturated rings. The molecule has 18 heteroatoms. The molecule has 9 nitrogen and oxygen atoms in total. The summed E-state index contributed by atoms with van der Waals surface area (Å²) >= 11 is 0. The fraction of sp³-hybridized carbons (Fsp3) is 0.500. The fourth-order valence-corrected chi connectivity index (χ4v) is 5.32. The van der Waals surface area contributed by atoms with Gasteiger partial charge in [0.25, 0.3) is 0 Å². The number of hydrogen-bond acceptors (Lipinski definition) is 8. The van der Waals surface area contributed by atoms with Gasteiger partial charge in [0.05, 0.1) is 34.7 Å². The van der Waals surface area contributed by atoms with Crippen molar-refractivity contribution in [2.45, 2.75) is 76.4 Å². The zero-order valence-corrected chi connectivity index (χ0v) is 23.0. The standard InChI is InChI=1S/C26H26F9N7O2/c1-12(2)44-23(43)42-17-5-6-20(26(33,34)35)36-21(17)19(10-18(42)14-3-4-14)41(22-37-39-40-38-22)11-13-7-15(24(27,28)29)9-16(8-13)25(30,31)32/h5-9,12,14,18-19,39-40H,3-4,10-11H2,1-2H3,(H,37,38). The quantitative estimate of drug-likeness (QED) is 0.341. The summed E-state index contributed by atoms with van der Waals surface area (Å²) in [4.78, 5) is 19.5. The molecule has 2 aromatic rings. The zero-order chi connectivity index (χ0) is 32.2. The fourth-order valence-electron chi connectivity index (χ4n) is 5.32. The Morgan fingerprint density at radius 2 is 1.64 bits per heavy atom. The topological polar surface area (TPSA) is 94.1 Å². The van der Waals surface area contributed by atoms with Crippen LogP contribution in [-0.4, -0.2) is 34.1 Å². The molecule has 5 rings (SSSR count). The number of guanidine groups is 1. The Labute approximate surface area is 244 Å². The first-order valence-electron chi connectivity index (χ1n) is 13.4. The van der Waals surface area contributed by atoms with Gasteiger partial charge in [-0.25, -0.2) is 15.3 Å². The van der Waals surface area contributed by atoms with Crippen molar-refractivity contribution in [2.24, 2.45) is 11.0 Å². The number of alkyl halides is 9. The molecule has 3 aliphatic rings. The van der Waals surface area contributed by atoms with Crippen LogP contribution in [0.3, 0.4) is 0 Å². The lowest BCUT2D eigenvalue weighted by atomic mass is 9.90. The Bertz CT molecular complexity index is 1410. The molecule has 0 bridgehead atoms. The van der Waals surface area contributed by atoms with Crippen molar-refractivity contribution in [1.29, 1.82) is 0 Å². The highest BCUT2D eigenvalue weighted by molar-refractivity contribution is 5.90. The monoisotopic (exact) mass is 639 g/mol. The van der Waals surface area contributed by atoms with Gasteiger partial charge in [0.15, 0.2) is 0 Å². The smallest absolute Gasteiger partial charge is 0.433 e. The number of rotatable bonds is 5. The molecule has 0 spiro atoms. The van der Waals surface area contributed by atoms with Gasteiger partial charge < -0.3 is 9.64 Å². The van der Waals surface area contributed by atoms with E-state index < -0.39 is 71.7 Å². The number of benzene rings is 1. The second-order valence-corrected chi connectivity index (χ2v) is 10.9. The number of hydrazone groups is 1. The largest absolute Gasteiger partial charge is 0.446 e. The Hall–Kier alpha value is -3.96. The van der Waals surface area contributed by atoms with Crippen molar-refractivity contribution in [3.8, 4) is 0 Å². The highest BCUT2D eigenvalue weighted by atomic mass is 19.4. The van der Waals surface area contributed by atoms with Gasteiger partial charge >= 0.3 is 24.6 Å². The summed E-state index contributed by atoms with van der Waals surface area (Å²) in [5, 5.41) is 3.94. The molecule has 3 N–H and O–H groups in total. The van der Waals surface area contributed by atoms with Crippen LogP contribution in [0.2, 0.25) is 0 Å². The molecule has 1 aromatic carbocycles. The van der Waals surface area contributed by atoms with Crippen LogP contribution in [0, 0.1) is 5.92 Å². The Kier molecular flexibility index (Phi) is 8.00. The van der Waals surface area contributed by atoms with Crippen LogP contribution in [0.4, 0.5) is 50.0 Å². The summed E-state index contributed by atoms with van der Waals surface area (Å²) < 4.78 is 129. The molecule has 44 heavy (non-hydrogen) atoms. The van der Waals surface area contributed by atoms with E-state index in [0.717, 1.165) is 6.07 Å². The van der Waals surface area contributed by atoms with Crippen molar-refractivity contribution in [1.82, 2.24) is 26.4 Å². The van der Waals surface area contributed by atoms with Crippen LogP contribution in [0.1, 0.15) is 67.2 Å². The lowest BCUT2D eigenvalue weighted by Gasteiger charge is -2.44. The molecule has 1 aliphatic carbocycles. The number of nitrogens with one attached hydrogen (secondary N) is 3. The number of hydrazine groups is 2. The van der Waals surface area contributed by atoms with Gasteiger partial charge in [-0.1, -0.05) is 0 Å². The molecular formula is C26H26F9N7O2. The third-order valence-corrected chi connectivity index (χ3v) is 7.30.